The molecule has 2 N–H and O–H groups in total. The van der Waals surface area contributed by atoms with Crippen molar-refractivity contribution in [3.05, 3.63) is 49.1 Å². The number of rotatable bonds is 6. The summed E-state index contributed by atoms with van der Waals surface area (Å²) in [5, 5.41) is 5.48. The van der Waals surface area contributed by atoms with Crippen LogP contribution in [0.3, 0.4) is 0 Å². The summed E-state index contributed by atoms with van der Waals surface area (Å²) in [4.78, 5) is 35.7. The lowest BCUT2D eigenvalue weighted by atomic mass is 9.82. The average Bonchev–Trinajstić information content (AvgIpc) is 2.61. The summed E-state index contributed by atoms with van der Waals surface area (Å²) >= 11 is 0. The van der Waals surface area contributed by atoms with Gasteiger partial charge in [0.15, 0.2) is 0 Å². The maximum Gasteiger partial charge on any atom is 0.310 e. The normalized spacial score (nSPS) is 18.9. The van der Waals surface area contributed by atoms with Crippen LogP contribution in [0, 0.1) is 11.8 Å². The Morgan fingerprint density at radius 3 is 2.20 bits per heavy atom. The zero-order valence-corrected chi connectivity index (χ0v) is 14.2. The first kappa shape index (κ1) is 18.4. The molecule has 2 atom stereocenters. The highest BCUT2D eigenvalue weighted by Gasteiger charge is 2.35. The van der Waals surface area contributed by atoms with E-state index < -0.39 is 11.8 Å². The number of hydrogen-bond donors (Lipinski definition) is 2. The van der Waals surface area contributed by atoms with Gasteiger partial charge in [-0.1, -0.05) is 24.8 Å². The molecule has 0 radical (unpaired) electrons. The Hall–Kier alpha value is -2.89. The molecule has 0 spiro atoms. The van der Waals surface area contributed by atoms with Crippen LogP contribution in [-0.4, -0.2) is 24.4 Å². The van der Waals surface area contributed by atoms with E-state index in [4.69, 9.17) is 4.74 Å². The smallest absolute Gasteiger partial charge is 0.310 e. The number of anilines is 2. The predicted molar refractivity (Wildman–Crippen MR) is 95.9 cm³/mol. The summed E-state index contributed by atoms with van der Waals surface area (Å²) < 4.78 is 5.10. The third kappa shape index (κ3) is 5.31. The maximum absolute atomic E-state index is 12.6. The Bertz CT molecular complexity index is 679. The highest BCUT2D eigenvalue weighted by molar-refractivity contribution is 5.96. The highest BCUT2D eigenvalue weighted by atomic mass is 16.5. The second-order valence-electron chi connectivity index (χ2n) is 5.82. The van der Waals surface area contributed by atoms with Crippen molar-refractivity contribution in [3.8, 4) is 0 Å². The number of carbonyl (C=O) groups is 3. The summed E-state index contributed by atoms with van der Waals surface area (Å²) in [6.07, 6.45) is 6.27. The van der Waals surface area contributed by atoms with Crippen LogP contribution in [-0.2, 0) is 19.1 Å². The van der Waals surface area contributed by atoms with Gasteiger partial charge in [0.25, 0.3) is 0 Å². The Labute approximate surface area is 146 Å². The second-order valence-corrected chi connectivity index (χ2v) is 5.82. The van der Waals surface area contributed by atoms with Gasteiger partial charge in [-0.2, -0.15) is 0 Å². The fraction of sp³-hybridized carbons (Fsp3) is 0.316. The van der Waals surface area contributed by atoms with Gasteiger partial charge in [0.1, 0.15) is 6.61 Å². The maximum atomic E-state index is 12.6. The lowest BCUT2D eigenvalue weighted by Crippen LogP contribution is -2.35. The molecule has 1 aliphatic carbocycles. The van der Waals surface area contributed by atoms with Gasteiger partial charge in [0, 0.05) is 18.3 Å². The van der Waals surface area contributed by atoms with Gasteiger partial charge in [-0.25, -0.2) is 0 Å². The van der Waals surface area contributed by atoms with E-state index in [1.54, 1.807) is 24.3 Å². The molecule has 2 rings (SSSR count). The average molecular weight is 342 g/mol. The van der Waals surface area contributed by atoms with Gasteiger partial charge in [0.05, 0.1) is 11.8 Å². The summed E-state index contributed by atoms with van der Waals surface area (Å²) in [7, 11) is 0. The van der Waals surface area contributed by atoms with Crippen molar-refractivity contribution in [1.82, 2.24) is 0 Å². The molecule has 1 aliphatic rings. The molecule has 0 fully saturated rings. The zero-order valence-electron chi connectivity index (χ0n) is 14.2. The SMILES string of the molecule is C=CCOC(=O)[C@@H]1CC=CC[C@@H]1C(=O)Nc1ccc(NC(C)=O)cc1. The van der Waals surface area contributed by atoms with Crippen LogP contribution in [0.15, 0.2) is 49.1 Å². The van der Waals surface area contributed by atoms with Gasteiger partial charge in [-0.3, -0.25) is 14.4 Å². The Balaban J connectivity index is 2.02. The van der Waals surface area contributed by atoms with Crippen molar-refractivity contribution < 1.29 is 19.1 Å². The van der Waals surface area contributed by atoms with Crippen LogP contribution < -0.4 is 10.6 Å². The van der Waals surface area contributed by atoms with Gasteiger partial charge < -0.3 is 15.4 Å². The number of allylic oxidation sites excluding steroid dienone is 2. The topological polar surface area (TPSA) is 84.5 Å². The minimum Gasteiger partial charge on any atom is -0.461 e. The molecule has 25 heavy (non-hydrogen) atoms. The van der Waals surface area contributed by atoms with Gasteiger partial charge >= 0.3 is 5.97 Å². The number of benzene rings is 1. The van der Waals surface area contributed by atoms with Crippen LogP contribution in [0.2, 0.25) is 0 Å². The Morgan fingerprint density at radius 2 is 1.64 bits per heavy atom. The zero-order chi connectivity index (χ0) is 18.2. The van der Waals surface area contributed by atoms with E-state index in [0.717, 1.165) is 0 Å². The fourth-order valence-corrected chi connectivity index (χ4v) is 2.69. The molecule has 1 aromatic carbocycles. The summed E-state index contributed by atoms with van der Waals surface area (Å²) in [6, 6.07) is 6.81. The number of ether oxygens (including phenoxy) is 1. The van der Waals surface area contributed by atoms with E-state index in [1.165, 1.54) is 13.0 Å². The van der Waals surface area contributed by atoms with E-state index in [2.05, 4.69) is 17.2 Å². The van der Waals surface area contributed by atoms with E-state index in [1.807, 2.05) is 12.2 Å². The lowest BCUT2D eigenvalue weighted by molar-refractivity contribution is -0.151. The molecule has 0 aromatic heterocycles. The molecule has 6 heteroatoms. The molecule has 0 saturated carbocycles. The molecule has 0 heterocycles. The van der Waals surface area contributed by atoms with Crippen molar-refractivity contribution in [1.29, 1.82) is 0 Å². The van der Waals surface area contributed by atoms with Gasteiger partial charge in [-0.15, -0.1) is 0 Å². The van der Waals surface area contributed by atoms with E-state index in [9.17, 15) is 14.4 Å². The summed E-state index contributed by atoms with van der Waals surface area (Å²) in [5.41, 5.74) is 1.25. The molecule has 132 valence electrons. The van der Waals surface area contributed by atoms with Crippen LogP contribution in [0.1, 0.15) is 19.8 Å². The van der Waals surface area contributed by atoms with Gasteiger partial charge in [-0.05, 0) is 37.1 Å². The monoisotopic (exact) mass is 342 g/mol. The van der Waals surface area contributed by atoms with E-state index in [0.29, 0.717) is 24.2 Å². The number of carbonyl (C=O) groups excluding carboxylic acids is 3. The van der Waals surface area contributed by atoms with Crippen molar-refractivity contribution in [3.63, 3.8) is 0 Å². The van der Waals surface area contributed by atoms with Crippen LogP contribution in [0.5, 0.6) is 0 Å². The first-order valence-corrected chi connectivity index (χ1v) is 8.12. The molecule has 2 amide bonds. The lowest BCUT2D eigenvalue weighted by Gasteiger charge is -2.25. The molecule has 1 aromatic rings. The third-order valence-electron chi connectivity index (χ3n) is 3.89. The van der Waals surface area contributed by atoms with Crippen molar-refractivity contribution >= 4 is 29.2 Å². The Morgan fingerprint density at radius 1 is 1.08 bits per heavy atom. The Kier molecular flexibility index (Phi) is 6.51. The molecule has 0 unspecified atom stereocenters. The number of hydrogen-bond acceptors (Lipinski definition) is 4. The van der Waals surface area contributed by atoms with Crippen molar-refractivity contribution in [2.75, 3.05) is 17.2 Å². The molecular weight excluding hydrogens is 320 g/mol. The van der Waals surface area contributed by atoms with Crippen molar-refractivity contribution in [2.24, 2.45) is 11.8 Å². The summed E-state index contributed by atoms with van der Waals surface area (Å²) in [6.45, 7) is 5.08. The predicted octanol–water partition coefficient (Wildman–Crippen LogP) is 2.90. The third-order valence-corrected chi connectivity index (χ3v) is 3.89. The van der Waals surface area contributed by atoms with E-state index in [-0.39, 0.29) is 24.4 Å². The quantitative estimate of drug-likeness (QED) is 0.615. The van der Waals surface area contributed by atoms with Crippen LogP contribution in [0.25, 0.3) is 0 Å². The summed E-state index contributed by atoms with van der Waals surface area (Å²) in [5.74, 6) is -1.74. The number of nitrogens with one attached hydrogen (secondary N) is 2. The molecule has 0 aliphatic heterocycles. The van der Waals surface area contributed by atoms with E-state index >= 15 is 0 Å². The first-order chi connectivity index (χ1) is 12.0. The minimum atomic E-state index is -0.497. The molecular formula is C19H22N2O4. The number of esters is 1. The first-order valence-electron chi connectivity index (χ1n) is 8.12. The minimum absolute atomic E-state index is 0.137. The standard InChI is InChI=1S/C19H22N2O4/c1-3-12-25-19(24)17-7-5-4-6-16(17)18(23)21-15-10-8-14(9-11-15)20-13(2)22/h3-5,8-11,16-17H,1,6-7,12H2,2H3,(H,20,22)(H,21,23)/t16-,17+/m0/s1. The largest absolute Gasteiger partial charge is 0.461 e. The molecule has 0 bridgehead atoms. The highest BCUT2D eigenvalue weighted by Crippen LogP contribution is 2.28. The second kappa shape index (κ2) is 8.82. The van der Waals surface area contributed by atoms with Gasteiger partial charge in [0.2, 0.25) is 11.8 Å². The fourth-order valence-electron chi connectivity index (χ4n) is 2.69. The number of amides is 2. The van der Waals surface area contributed by atoms with Crippen molar-refractivity contribution in [2.45, 2.75) is 19.8 Å². The van der Waals surface area contributed by atoms with Crippen LogP contribution in [0.4, 0.5) is 11.4 Å². The molecule has 6 nitrogen and oxygen atoms in total. The molecule has 0 saturated heterocycles. The van der Waals surface area contributed by atoms with Crippen LogP contribution >= 0.6 is 0 Å².